The summed E-state index contributed by atoms with van der Waals surface area (Å²) in [5, 5.41) is 15.1. The van der Waals surface area contributed by atoms with Crippen LogP contribution in [0.4, 0.5) is 34.1 Å². The highest BCUT2D eigenvalue weighted by molar-refractivity contribution is 9.10. The third-order valence-corrected chi connectivity index (χ3v) is 13.0. The molecule has 0 aliphatic rings. The van der Waals surface area contributed by atoms with Crippen LogP contribution in [0.1, 0.15) is 0 Å². The van der Waals surface area contributed by atoms with Crippen LogP contribution in [0, 0.1) is 0 Å². The molecule has 2 nitrogen and oxygen atoms in total. The fourth-order valence-electron chi connectivity index (χ4n) is 9.52. The molecule has 0 bridgehead atoms. The van der Waals surface area contributed by atoms with Crippen molar-refractivity contribution in [3.8, 4) is 11.1 Å². The van der Waals surface area contributed by atoms with Gasteiger partial charge in [-0.25, -0.2) is 0 Å². The van der Waals surface area contributed by atoms with Gasteiger partial charge in [0.25, 0.3) is 0 Å². The van der Waals surface area contributed by atoms with Crippen molar-refractivity contribution in [2.45, 2.75) is 0 Å². The maximum atomic E-state index is 4.35. The molecule has 12 rings (SSSR count). The van der Waals surface area contributed by atoms with Crippen molar-refractivity contribution in [3.05, 3.63) is 217 Å². The lowest BCUT2D eigenvalue weighted by molar-refractivity contribution is 1.25. The zero-order valence-electron chi connectivity index (χ0n) is 32.0. The highest BCUT2D eigenvalue weighted by Gasteiger charge is 2.27. The lowest BCUT2D eigenvalue weighted by atomic mass is 9.92. The monoisotopic (exact) mass is 814 g/mol. The minimum atomic E-state index is 0.987. The number of nitrogens with zero attached hydrogens (tertiary/aromatic N) is 2. The number of halogens is 1. The molecule has 0 atom stereocenters. The first kappa shape index (κ1) is 33.9. The molecule has 0 spiro atoms. The predicted octanol–water partition coefficient (Wildman–Crippen LogP) is 16.9. The van der Waals surface area contributed by atoms with Crippen molar-refractivity contribution in [2.24, 2.45) is 0 Å². The minimum absolute atomic E-state index is 0.987. The molecule has 12 aromatic carbocycles. The Kier molecular flexibility index (Phi) is 7.72. The van der Waals surface area contributed by atoms with Gasteiger partial charge < -0.3 is 9.80 Å². The number of hydrogen-bond donors (Lipinski definition) is 0. The zero-order valence-corrected chi connectivity index (χ0v) is 33.6. The normalized spacial score (nSPS) is 11.8. The fourth-order valence-corrected chi connectivity index (χ4v) is 10.1. The van der Waals surface area contributed by atoms with E-state index >= 15 is 0 Å². The number of para-hydroxylation sites is 2. The Labute approximate surface area is 350 Å². The maximum absolute atomic E-state index is 4.35. The molecule has 0 amide bonds. The molecule has 0 saturated carbocycles. The number of benzene rings is 12. The molecule has 0 aromatic heterocycles. The van der Waals surface area contributed by atoms with Gasteiger partial charge in [-0.15, -0.1) is 0 Å². The van der Waals surface area contributed by atoms with Gasteiger partial charge in [0.15, 0.2) is 0 Å². The highest BCUT2D eigenvalue weighted by Crippen LogP contribution is 2.52. The van der Waals surface area contributed by atoms with E-state index in [1.54, 1.807) is 0 Å². The van der Waals surface area contributed by atoms with E-state index in [1.807, 2.05) is 0 Å². The summed E-state index contributed by atoms with van der Waals surface area (Å²) in [5.74, 6) is 0. The van der Waals surface area contributed by atoms with Crippen molar-refractivity contribution in [1.82, 2.24) is 0 Å². The van der Waals surface area contributed by atoms with Gasteiger partial charge in [0.1, 0.15) is 0 Å². The van der Waals surface area contributed by atoms with E-state index in [9.17, 15) is 0 Å². The van der Waals surface area contributed by atoms with Crippen molar-refractivity contribution in [1.29, 1.82) is 0 Å². The van der Waals surface area contributed by atoms with Crippen LogP contribution in [0.3, 0.4) is 0 Å². The maximum Gasteiger partial charge on any atom is 0.0657 e. The Morgan fingerprint density at radius 3 is 1.05 bits per heavy atom. The lowest BCUT2D eigenvalue weighted by Gasteiger charge is -2.33. The van der Waals surface area contributed by atoms with Gasteiger partial charge in [0.2, 0.25) is 0 Å². The summed E-state index contributed by atoms with van der Waals surface area (Å²) >= 11 is 4.35. The average molecular weight is 816 g/mol. The molecular weight excluding hydrogens is 781 g/mol. The van der Waals surface area contributed by atoms with E-state index in [0.29, 0.717) is 0 Å². The topological polar surface area (TPSA) is 6.48 Å². The van der Waals surface area contributed by atoms with Gasteiger partial charge in [0.05, 0.1) is 27.2 Å². The number of rotatable bonds is 7. The molecule has 276 valence electrons. The first-order valence-electron chi connectivity index (χ1n) is 20.1. The molecule has 0 fully saturated rings. The minimum Gasteiger partial charge on any atom is -0.309 e. The van der Waals surface area contributed by atoms with Gasteiger partial charge in [-0.05, 0) is 129 Å². The van der Waals surface area contributed by atoms with Gasteiger partial charge in [-0.2, -0.15) is 0 Å². The lowest BCUT2D eigenvalue weighted by Crippen LogP contribution is -2.15. The Morgan fingerprint density at radius 2 is 0.627 bits per heavy atom. The summed E-state index contributed by atoms with van der Waals surface area (Å²) in [4.78, 5) is 4.89. The molecule has 0 unspecified atom stereocenters. The Balaban J connectivity index is 1.18. The molecule has 0 aliphatic carbocycles. The quantitative estimate of drug-likeness (QED) is 0.148. The largest absolute Gasteiger partial charge is 0.309 e. The first-order chi connectivity index (χ1) is 29.2. The Hall–Kier alpha value is -7.20. The highest BCUT2D eigenvalue weighted by atomic mass is 79.9. The summed E-state index contributed by atoms with van der Waals surface area (Å²) in [6.45, 7) is 0. The van der Waals surface area contributed by atoms with Crippen LogP contribution in [0.15, 0.2) is 217 Å². The summed E-state index contributed by atoms with van der Waals surface area (Å²) in [7, 11) is 0. The summed E-state index contributed by atoms with van der Waals surface area (Å²) in [6.07, 6.45) is 0. The van der Waals surface area contributed by atoms with E-state index in [0.717, 1.165) is 49.7 Å². The van der Waals surface area contributed by atoms with Crippen molar-refractivity contribution < 1.29 is 0 Å². The second-order valence-corrected chi connectivity index (χ2v) is 16.2. The van der Waals surface area contributed by atoms with Crippen LogP contribution in [-0.2, 0) is 0 Å². The fraction of sp³-hybridized carbons (Fsp3) is 0. The van der Waals surface area contributed by atoms with Gasteiger partial charge in [-0.3, -0.25) is 0 Å². The Morgan fingerprint density at radius 1 is 0.271 bits per heavy atom. The van der Waals surface area contributed by atoms with Crippen LogP contribution in [-0.4, -0.2) is 0 Å². The van der Waals surface area contributed by atoms with E-state index in [1.165, 1.54) is 64.6 Å². The molecule has 0 saturated heterocycles. The molecule has 59 heavy (non-hydrogen) atoms. The number of hydrogen-bond acceptors (Lipinski definition) is 2. The first-order valence-corrected chi connectivity index (χ1v) is 20.9. The standard InChI is InChI=1S/C56H35BrN2/c57-56-50(58(44-18-6-2-7-19-44)48-32-28-41-24-22-37-14-10-16-39-26-30-46(48)54(41)52(37)39)34-43(36-12-4-1-5-13-36)35-51(56)59(45-20-8-3-9-21-45)49-33-29-42-25-23-38-15-11-17-40-27-31-47(49)55(42)53(38)40/h1-35H. The second kappa shape index (κ2) is 13.4. The molecule has 0 heterocycles. The molecular formula is C56H35BrN2. The van der Waals surface area contributed by atoms with E-state index in [4.69, 9.17) is 0 Å². The second-order valence-electron chi connectivity index (χ2n) is 15.4. The van der Waals surface area contributed by atoms with Crippen molar-refractivity contribution in [2.75, 3.05) is 9.80 Å². The van der Waals surface area contributed by atoms with Gasteiger partial charge in [0, 0.05) is 22.1 Å². The molecule has 3 heteroatoms. The van der Waals surface area contributed by atoms with Gasteiger partial charge >= 0.3 is 0 Å². The predicted molar refractivity (Wildman–Crippen MR) is 256 cm³/mol. The van der Waals surface area contributed by atoms with Crippen LogP contribution in [0.2, 0.25) is 0 Å². The summed E-state index contributed by atoms with van der Waals surface area (Å²) in [5.41, 5.74) is 8.75. The third kappa shape index (κ3) is 5.32. The molecule has 0 radical (unpaired) electrons. The van der Waals surface area contributed by atoms with E-state index in [-0.39, 0.29) is 0 Å². The van der Waals surface area contributed by atoms with Gasteiger partial charge in [-0.1, -0.05) is 164 Å². The zero-order chi connectivity index (χ0) is 39.0. The SMILES string of the molecule is Brc1c(N(c2ccccc2)c2ccc3ccc4cccc5ccc2c3c45)cc(-c2ccccc2)cc1N(c1ccccc1)c1ccc2ccc3cccc4ccc1c2c34. The summed E-state index contributed by atoms with van der Waals surface area (Å²) < 4.78 is 0.987. The van der Waals surface area contributed by atoms with E-state index < -0.39 is 0 Å². The Bertz CT molecular complexity index is 3260. The molecule has 0 aliphatic heterocycles. The molecule has 0 N–H and O–H groups in total. The van der Waals surface area contributed by atoms with Crippen LogP contribution >= 0.6 is 15.9 Å². The van der Waals surface area contributed by atoms with Crippen LogP contribution in [0.5, 0.6) is 0 Å². The summed E-state index contributed by atoms with van der Waals surface area (Å²) in [6, 6.07) is 77.7. The number of anilines is 6. The van der Waals surface area contributed by atoms with Crippen molar-refractivity contribution in [3.63, 3.8) is 0 Å². The smallest absolute Gasteiger partial charge is 0.0657 e. The van der Waals surface area contributed by atoms with Crippen LogP contribution in [0.25, 0.3) is 75.8 Å². The average Bonchev–Trinajstić information content (AvgIpc) is 3.30. The van der Waals surface area contributed by atoms with Crippen molar-refractivity contribution >= 4 is 115 Å². The molecule has 12 aromatic rings. The third-order valence-electron chi connectivity index (χ3n) is 12.1. The van der Waals surface area contributed by atoms with E-state index in [2.05, 4.69) is 238 Å². The van der Waals surface area contributed by atoms with Crippen LogP contribution < -0.4 is 9.80 Å².